The van der Waals surface area contributed by atoms with Crippen LogP contribution in [0.3, 0.4) is 0 Å². The third-order valence-electron chi connectivity index (χ3n) is 5.79. The summed E-state index contributed by atoms with van der Waals surface area (Å²) in [6, 6.07) is 16.8. The van der Waals surface area contributed by atoms with Crippen LogP contribution in [-0.4, -0.2) is 39.5 Å². The van der Waals surface area contributed by atoms with E-state index in [1.54, 1.807) is 11.8 Å². The van der Waals surface area contributed by atoms with Crippen molar-refractivity contribution in [2.24, 2.45) is 7.05 Å². The Morgan fingerprint density at radius 1 is 1.03 bits per heavy atom. The summed E-state index contributed by atoms with van der Waals surface area (Å²) in [5.41, 5.74) is 2.57. The maximum atomic E-state index is 5.53. The highest BCUT2D eigenvalue weighted by Gasteiger charge is 2.26. The molecular weight excluding hydrogens is 396 g/mol. The molecule has 7 heteroatoms. The van der Waals surface area contributed by atoms with Crippen LogP contribution in [0.25, 0.3) is 0 Å². The number of aromatic nitrogens is 3. The lowest BCUT2D eigenvalue weighted by molar-refractivity contribution is 0.173. The molecular formula is C23H26N4O2S. The fraction of sp³-hybridized carbons (Fsp3) is 0.391. The first-order valence-corrected chi connectivity index (χ1v) is 11.4. The van der Waals surface area contributed by atoms with Gasteiger partial charge in [-0.25, -0.2) is 0 Å². The molecule has 5 rings (SSSR count). The molecule has 30 heavy (non-hydrogen) atoms. The van der Waals surface area contributed by atoms with E-state index in [0.29, 0.717) is 12.7 Å². The third-order valence-corrected chi connectivity index (χ3v) is 6.88. The molecule has 2 aliphatic heterocycles. The Morgan fingerprint density at radius 2 is 1.90 bits per heavy atom. The second-order valence-electron chi connectivity index (χ2n) is 7.94. The molecule has 0 radical (unpaired) electrons. The third kappa shape index (κ3) is 4.18. The van der Waals surface area contributed by atoms with Gasteiger partial charge in [0.2, 0.25) is 6.79 Å². The van der Waals surface area contributed by atoms with E-state index >= 15 is 0 Å². The van der Waals surface area contributed by atoms with Crippen LogP contribution in [0.4, 0.5) is 0 Å². The van der Waals surface area contributed by atoms with E-state index in [1.807, 2.05) is 12.1 Å². The van der Waals surface area contributed by atoms with E-state index in [0.717, 1.165) is 54.3 Å². The molecule has 1 fully saturated rings. The normalized spacial score (nSPS) is 18.6. The number of fused-ring (bicyclic) bond motifs is 1. The first-order chi connectivity index (χ1) is 14.8. The highest BCUT2D eigenvalue weighted by atomic mass is 32.2. The van der Waals surface area contributed by atoms with Crippen molar-refractivity contribution in [3.8, 4) is 11.5 Å². The number of thioether (sulfide) groups is 1. The minimum Gasteiger partial charge on any atom is -0.454 e. The van der Waals surface area contributed by atoms with Crippen molar-refractivity contribution in [1.82, 2.24) is 19.7 Å². The second kappa shape index (κ2) is 8.70. The van der Waals surface area contributed by atoms with Gasteiger partial charge in [-0.1, -0.05) is 48.2 Å². The van der Waals surface area contributed by atoms with Crippen LogP contribution in [-0.2, 0) is 19.3 Å². The van der Waals surface area contributed by atoms with Crippen molar-refractivity contribution in [3.05, 3.63) is 65.5 Å². The second-order valence-corrected chi connectivity index (χ2v) is 8.88. The maximum Gasteiger partial charge on any atom is 0.231 e. The highest BCUT2D eigenvalue weighted by molar-refractivity contribution is 7.98. The summed E-state index contributed by atoms with van der Waals surface area (Å²) in [6.07, 6.45) is 2.33. The standard InChI is InChI=1S/C23H26N4O2S/c1-26-22(24-25-23(26)30-15-17-6-3-2-4-7-17)19-8-5-11-27(14-19)13-18-9-10-20-21(12-18)29-16-28-20/h2-4,6-7,9-10,12,19H,5,8,11,13-16H2,1H3/t19-/m1/s1. The minimum absolute atomic E-state index is 0.321. The molecule has 0 saturated carbocycles. The maximum absolute atomic E-state index is 5.53. The lowest BCUT2D eigenvalue weighted by atomic mass is 9.96. The van der Waals surface area contributed by atoms with E-state index in [4.69, 9.17) is 9.47 Å². The number of likely N-dealkylation sites (tertiary alicyclic amines) is 1. The molecule has 1 atom stereocenters. The number of nitrogens with zero attached hydrogens (tertiary/aromatic N) is 4. The topological polar surface area (TPSA) is 52.4 Å². The Balaban J connectivity index is 1.23. The molecule has 0 unspecified atom stereocenters. The fourth-order valence-electron chi connectivity index (χ4n) is 4.24. The van der Waals surface area contributed by atoms with Gasteiger partial charge in [0.05, 0.1) is 0 Å². The average molecular weight is 423 g/mol. The fourth-order valence-corrected chi connectivity index (χ4v) is 5.11. The lowest BCUT2D eigenvalue weighted by Crippen LogP contribution is -2.34. The van der Waals surface area contributed by atoms with Crippen LogP contribution in [0, 0.1) is 0 Å². The molecule has 156 valence electrons. The summed E-state index contributed by atoms with van der Waals surface area (Å²) >= 11 is 1.75. The monoisotopic (exact) mass is 422 g/mol. The van der Waals surface area contributed by atoms with Crippen molar-refractivity contribution in [3.63, 3.8) is 0 Å². The zero-order valence-corrected chi connectivity index (χ0v) is 18.0. The Labute approximate surface area is 181 Å². The predicted molar refractivity (Wildman–Crippen MR) is 117 cm³/mol. The first kappa shape index (κ1) is 19.5. The number of piperidine rings is 1. The summed E-state index contributed by atoms with van der Waals surface area (Å²) in [5, 5.41) is 10.0. The molecule has 0 amide bonds. The summed E-state index contributed by atoms with van der Waals surface area (Å²) in [7, 11) is 2.10. The summed E-state index contributed by atoms with van der Waals surface area (Å²) < 4.78 is 13.1. The van der Waals surface area contributed by atoms with Crippen LogP contribution in [0.15, 0.2) is 53.7 Å². The molecule has 0 spiro atoms. The SMILES string of the molecule is Cn1c(SCc2ccccc2)nnc1[C@@H]1CCCN(Cc2ccc3c(c2)OCO3)C1. The Kier molecular flexibility index (Phi) is 5.64. The van der Waals surface area contributed by atoms with E-state index in [-0.39, 0.29) is 0 Å². The lowest BCUT2D eigenvalue weighted by Gasteiger charge is -2.32. The van der Waals surface area contributed by atoms with Gasteiger partial charge in [0.15, 0.2) is 16.7 Å². The first-order valence-electron chi connectivity index (χ1n) is 10.4. The average Bonchev–Trinajstić information content (AvgIpc) is 3.39. The molecule has 2 aromatic carbocycles. The molecule has 0 N–H and O–H groups in total. The molecule has 0 aliphatic carbocycles. The van der Waals surface area contributed by atoms with Gasteiger partial charge in [-0.05, 0) is 42.6 Å². The van der Waals surface area contributed by atoms with Crippen molar-refractivity contribution >= 4 is 11.8 Å². The summed E-state index contributed by atoms with van der Waals surface area (Å²) in [6.45, 7) is 3.35. The Morgan fingerprint density at radius 3 is 2.80 bits per heavy atom. The molecule has 6 nitrogen and oxygen atoms in total. The highest BCUT2D eigenvalue weighted by Crippen LogP contribution is 2.34. The minimum atomic E-state index is 0.321. The molecule has 1 saturated heterocycles. The zero-order valence-electron chi connectivity index (χ0n) is 17.2. The zero-order chi connectivity index (χ0) is 20.3. The van der Waals surface area contributed by atoms with E-state index < -0.39 is 0 Å². The summed E-state index contributed by atoms with van der Waals surface area (Å²) in [5.74, 6) is 4.12. The van der Waals surface area contributed by atoms with Gasteiger partial charge in [0.1, 0.15) is 5.82 Å². The van der Waals surface area contributed by atoms with Crippen LogP contribution in [0.2, 0.25) is 0 Å². The van der Waals surface area contributed by atoms with Crippen LogP contribution in [0.5, 0.6) is 11.5 Å². The Hall–Kier alpha value is -2.51. The van der Waals surface area contributed by atoms with Crippen molar-refractivity contribution in [2.75, 3.05) is 19.9 Å². The van der Waals surface area contributed by atoms with Gasteiger partial charge in [-0.3, -0.25) is 4.90 Å². The van der Waals surface area contributed by atoms with Gasteiger partial charge in [0.25, 0.3) is 0 Å². The predicted octanol–water partition coefficient (Wildman–Crippen LogP) is 4.22. The number of benzene rings is 2. The Bertz CT molecular complexity index is 1010. The number of ether oxygens (including phenoxy) is 2. The van der Waals surface area contributed by atoms with Gasteiger partial charge in [-0.2, -0.15) is 0 Å². The quantitative estimate of drug-likeness (QED) is 0.555. The van der Waals surface area contributed by atoms with Crippen molar-refractivity contribution < 1.29 is 9.47 Å². The smallest absolute Gasteiger partial charge is 0.231 e. The number of rotatable bonds is 6. The van der Waals surface area contributed by atoms with Gasteiger partial charge < -0.3 is 14.0 Å². The van der Waals surface area contributed by atoms with Crippen LogP contribution in [0.1, 0.15) is 35.7 Å². The molecule has 0 bridgehead atoms. The number of hydrogen-bond acceptors (Lipinski definition) is 6. The summed E-state index contributed by atoms with van der Waals surface area (Å²) in [4.78, 5) is 2.51. The molecule has 1 aromatic heterocycles. The largest absolute Gasteiger partial charge is 0.454 e. The number of hydrogen-bond donors (Lipinski definition) is 0. The van der Waals surface area contributed by atoms with Crippen LogP contribution < -0.4 is 9.47 Å². The molecule has 3 heterocycles. The van der Waals surface area contributed by atoms with Gasteiger partial charge in [0, 0.05) is 31.8 Å². The molecule has 2 aliphatic rings. The molecule has 3 aromatic rings. The van der Waals surface area contributed by atoms with E-state index in [9.17, 15) is 0 Å². The van der Waals surface area contributed by atoms with Crippen LogP contribution >= 0.6 is 11.8 Å². The van der Waals surface area contributed by atoms with E-state index in [1.165, 1.54) is 17.5 Å². The van der Waals surface area contributed by atoms with Gasteiger partial charge >= 0.3 is 0 Å². The van der Waals surface area contributed by atoms with Crippen molar-refractivity contribution in [1.29, 1.82) is 0 Å². The van der Waals surface area contributed by atoms with E-state index in [2.05, 4.69) is 63.1 Å². The van der Waals surface area contributed by atoms with Gasteiger partial charge in [-0.15, -0.1) is 10.2 Å². The van der Waals surface area contributed by atoms with Crippen molar-refractivity contribution in [2.45, 2.75) is 36.2 Å².